The van der Waals surface area contributed by atoms with Crippen molar-refractivity contribution in [2.24, 2.45) is 0 Å². The summed E-state index contributed by atoms with van der Waals surface area (Å²) in [4.78, 5) is 11.8. The third-order valence-corrected chi connectivity index (χ3v) is 3.33. The molecule has 2 heterocycles. The van der Waals surface area contributed by atoms with Gasteiger partial charge in [-0.2, -0.15) is 0 Å². The van der Waals surface area contributed by atoms with Crippen LogP contribution in [0, 0.1) is 6.92 Å². The zero-order valence-electron chi connectivity index (χ0n) is 10.6. The van der Waals surface area contributed by atoms with Gasteiger partial charge >= 0.3 is 0 Å². The van der Waals surface area contributed by atoms with Crippen molar-refractivity contribution in [1.29, 1.82) is 0 Å². The highest BCUT2D eigenvalue weighted by Crippen LogP contribution is 2.25. The highest BCUT2D eigenvalue weighted by molar-refractivity contribution is 8.13. The van der Waals surface area contributed by atoms with Crippen LogP contribution in [0.15, 0.2) is 56.7 Å². The van der Waals surface area contributed by atoms with Crippen molar-refractivity contribution < 1.29 is 13.6 Å². The number of benzene rings is 1. The molecule has 0 atom stereocenters. The van der Waals surface area contributed by atoms with Crippen LogP contribution in [-0.4, -0.2) is 15.3 Å². The zero-order valence-corrected chi connectivity index (χ0v) is 11.4. The Morgan fingerprint density at radius 3 is 2.65 bits per heavy atom. The standard InChI is InChI=1S/C14H10N2O3S/c1-9-4-6-10(7-5-9)12-15-16-14(19-12)20-13(17)11-3-2-8-18-11/h2-8H,1H3. The van der Waals surface area contributed by atoms with E-state index in [4.69, 9.17) is 8.83 Å². The van der Waals surface area contributed by atoms with Crippen molar-refractivity contribution in [3.8, 4) is 11.5 Å². The first kappa shape index (κ1) is 12.7. The van der Waals surface area contributed by atoms with Gasteiger partial charge in [-0.3, -0.25) is 4.79 Å². The van der Waals surface area contributed by atoms with E-state index >= 15 is 0 Å². The van der Waals surface area contributed by atoms with Crippen LogP contribution in [0.25, 0.3) is 11.5 Å². The Balaban J connectivity index is 1.77. The molecule has 0 unspecified atom stereocenters. The maximum absolute atomic E-state index is 11.8. The van der Waals surface area contributed by atoms with Gasteiger partial charge in [-0.15, -0.1) is 10.2 Å². The van der Waals surface area contributed by atoms with Crippen LogP contribution in [0.3, 0.4) is 0 Å². The molecule has 0 saturated carbocycles. The van der Waals surface area contributed by atoms with Crippen LogP contribution < -0.4 is 0 Å². The van der Waals surface area contributed by atoms with Crippen molar-refractivity contribution in [3.05, 3.63) is 54.0 Å². The van der Waals surface area contributed by atoms with Crippen LogP contribution in [0.4, 0.5) is 0 Å². The number of rotatable bonds is 3. The Bertz CT molecular complexity index is 717. The molecule has 0 aliphatic heterocycles. The third kappa shape index (κ3) is 2.65. The van der Waals surface area contributed by atoms with Gasteiger partial charge in [0.25, 0.3) is 10.3 Å². The summed E-state index contributed by atoms with van der Waals surface area (Å²) < 4.78 is 10.5. The molecule has 20 heavy (non-hydrogen) atoms. The monoisotopic (exact) mass is 286 g/mol. The van der Waals surface area contributed by atoms with Gasteiger partial charge in [0.2, 0.25) is 5.89 Å². The summed E-state index contributed by atoms with van der Waals surface area (Å²) in [7, 11) is 0. The lowest BCUT2D eigenvalue weighted by Crippen LogP contribution is -1.89. The van der Waals surface area contributed by atoms with Crippen molar-refractivity contribution in [2.45, 2.75) is 12.1 Å². The first-order chi connectivity index (χ1) is 9.72. The smallest absolute Gasteiger partial charge is 0.284 e. The Morgan fingerprint density at radius 2 is 1.95 bits per heavy atom. The number of nitrogens with zero attached hydrogens (tertiary/aromatic N) is 2. The molecule has 0 spiro atoms. The van der Waals surface area contributed by atoms with Crippen LogP contribution >= 0.6 is 11.8 Å². The van der Waals surface area contributed by atoms with Crippen molar-refractivity contribution in [3.63, 3.8) is 0 Å². The lowest BCUT2D eigenvalue weighted by Gasteiger charge is -1.95. The molecule has 2 aromatic heterocycles. The number of carbonyl (C=O) groups is 1. The molecule has 0 bridgehead atoms. The molecule has 0 aliphatic carbocycles. The SMILES string of the molecule is Cc1ccc(-c2nnc(SC(=O)c3ccco3)o2)cc1. The molecule has 3 rings (SSSR count). The van der Waals surface area contributed by atoms with E-state index in [1.165, 1.54) is 6.26 Å². The number of hydrogen-bond acceptors (Lipinski definition) is 6. The molecule has 3 aromatic rings. The number of hydrogen-bond donors (Lipinski definition) is 0. The molecular formula is C14H10N2O3S. The van der Waals surface area contributed by atoms with E-state index in [-0.39, 0.29) is 16.1 Å². The van der Waals surface area contributed by atoms with E-state index in [2.05, 4.69) is 10.2 Å². The van der Waals surface area contributed by atoms with E-state index in [0.717, 1.165) is 22.9 Å². The molecule has 6 heteroatoms. The van der Waals surface area contributed by atoms with Crippen LogP contribution in [-0.2, 0) is 0 Å². The van der Waals surface area contributed by atoms with Gasteiger partial charge in [0, 0.05) is 17.3 Å². The highest BCUT2D eigenvalue weighted by atomic mass is 32.2. The Morgan fingerprint density at radius 1 is 1.15 bits per heavy atom. The quantitative estimate of drug-likeness (QED) is 0.685. The molecule has 1 aromatic carbocycles. The molecule has 0 radical (unpaired) electrons. The summed E-state index contributed by atoms with van der Waals surface area (Å²) in [5, 5.41) is 7.71. The molecule has 0 saturated heterocycles. The second-order valence-electron chi connectivity index (χ2n) is 4.11. The number of thioether (sulfide) groups is 1. The van der Waals surface area contributed by atoms with Crippen molar-refractivity contribution in [2.75, 3.05) is 0 Å². The molecule has 0 fully saturated rings. The van der Waals surface area contributed by atoms with Crippen LogP contribution in [0.5, 0.6) is 0 Å². The molecular weight excluding hydrogens is 276 g/mol. The molecule has 0 aliphatic rings. The minimum atomic E-state index is -0.269. The Labute approximate surface area is 119 Å². The Kier molecular flexibility index (Phi) is 3.39. The largest absolute Gasteiger partial charge is 0.460 e. The van der Waals surface area contributed by atoms with Crippen molar-refractivity contribution in [1.82, 2.24) is 10.2 Å². The molecule has 0 amide bonds. The lowest BCUT2D eigenvalue weighted by molar-refractivity contribution is 0.106. The van der Waals surface area contributed by atoms with Crippen LogP contribution in [0.2, 0.25) is 0 Å². The van der Waals surface area contributed by atoms with E-state index < -0.39 is 0 Å². The normalized spacial score (nSPS) is 10.7. The van der Waals surface area contributed by atoms with E-state index in [0.29, 0.717) is 5.89 Å². The molecule has 100 valence electrons. The van der Waals surface area contributed by atoms with E-state index in [9.17, 15) is 4.79 Å². The van der Waals surface area contributed by atoms with E-state index in [1.807, 2.05) is 31.2 Å². The van der Waals surface area contributed by atoms with Gasteiger partial charge in [-0.1, -0.05) is 17.7 Å². The fourth-order valence-electron chi connectivity index (χ4n) is 1.59. The van der Waals surface area contributed by atoms with Crippen molar-refractivity contribution >= 4 is 16.9 Å². The maximum Gasteiger partial charge on any atom is 0.284 e. The topological polar surface area (TPSA) is 69.1 Å². The van der Waals surface area contributed by atoms with Gasteiger partial charge in [-0.05, 0) is 31.2 Å². The summed E-state index contributed by atoms with van der Waals surface area (Å²) in [6, 6.07) is 10.9. The summed E-state index contributed by atoms with van der Waals surface area (Å²) in [5.41, 5.74) is 1.97. The van der Waals surface area contributed by atoms with Gasteiger partial charge in [0.15, 0.2) is 5.76 Å². The number of furan rings is 1. The highest BCUT2D eigenvalue weighted by Gasteiger charge is 2.16. The summed E-state index contributed by atoms with van der Waals surface area (Å²) in [6.07, 6.45) is 1.44. The fourth-order valence-corrected chi connectivity index (χ4v) is 2.17. The number of carbonyl (C=O) groups excluding carboxylic acids is 1. The Hall–Kier alpha value is -2.34. The second-order valence-corrected chi connectivity index (χ2v) is 5.03. The van der Waals surface area contributed by atoms with Gasteiger partial charge in [-0.25, -0.2) is 0 Å². The van der Waals surface area contributed by atoms with Crippen LogP contribution in [0.1, 0.15) is 16.1 Å². The number of aromatic nitrogens is 2. The van der Waals surface area contributed by atoms with E-state index in [1.54, 1.807) is 12.1 Å². The number of aryl methyl sites for hydroxylation is 1. The predicted molar refractivity (Wildman–Crippen MR) is 73.4 cm³/mol. The minimum absolute atomic E-state index is 0.196. The second kappa shape index (κ2) is 5.34. The first-order valence-electron chi connectivity index (χ1n) is 5.88. The first-order valence-corrected chi connectivity index (χ1v) is 6.70. The lowest BCUT2D eigenvalue weighted by atomic mass is 10.1. The molecule has 0 N–H and O–H groups in total. The maximum atomic E-state index is 11.8. The van der Waals surface area contributed by atoms with Gasteiger partial charge in [0.05, 0.1) is 6.26 Å². The summed E-state index contributed by atoms with van der Waals surface area (Å²) in [5.74, 6) is 0.643. The summed E-state index contributed by atoms with van der Waals surface area (Å²) >= 11 is 0.847. The fraction of sp³-hybridized carbons (Fsp3) is 0.0714. The summed E-state index contributed by atoms with van der Waals surface area (Å²) in [6.45, 7) is 2.00. The zero-order chi connectivity index (χ0) is 13.9. The molecule has 5 nitrogen and oxygen atoms in total. The van der Waals surface area contributed by atoms with Gasteiger partial charge in [0.1, 0.15) is 0 Å². The minimum Gasteiger partial charge on any atom is -0.460 e. The van der Waals surface area contributed by atoms with Gasteiger partial charge < -0.3 is 8.83 Å². The predicted octanol–water partition coefficient (Wildman–Crippen LogP) is 3.57. The average molecular weight is 286 g/mol. The average Bonchev–Trinajstić information content (AvgIpc) is 3.10. The third-order valence-electron chi connectivity index (χ3n) is 2.61.